The van der Waals surface area contributed by atoms with Gasteiger partial charge in [-0.05, 0) is 49.8 Å². The summed E-state index contributed by atoms with van der Waals surface area (Å²) in [5.74, 6) is 0.540. The molecule has 0 spiro atoms. The van der Waals surface area contributed by atoms with Gasteiger partial charge in [-0.1, -0.05) is 0 Å². The summed E-state index contributed by atoms with van der Waals surface area (Å²) < 4.78 is 14.2. The van der Waals surface area contributed by atoms with E-state index in [9.17, 15) is 9.18 Å². The summed E-state index contributed by atoms with van der Waals surface area (Å²) in [7, 11) is 0. The summed E-state index contributed by atoms with van der Waals surface area (Å²) in [5, 5.41) is 12.1. The van der Waals surface area contributed by atoms with Crippen molar-refractivity contribution < 1.29 is 9.18 Å². The zero-order chi connectivity index (χ0) is 19.5. The van der Waals surface area contributed by atoms with Crippen LogP contribution < -0.4 is 10.2 Å². The van der Waals surface area contributed by atoms with E-state index in [0.717, 1.165) is 31.8 Å². The molecule has 2 heterocycles. The highest BCUT2D eigenvalue weighted by molar-refractivity contribution is 5.75. The SMILES string of the molecule is N#Cc1ccc(N2CCN(C(=O)NC3CCN(CC4CC4)CC3)CC2)c(F)c1. The lowest BCUT2D eigenvalue weighted by Crippen LogP contribution is -2.55. The number of halogens is 1. The number of carbonyl (C=O) groups is 1. The highest BCUT2D eigenvalue weighted by atomic mass is 19.1. The lowest BCUT2D eigenvalue weighted by molar-refractivity contribution is 0.167. The first-order valence-electron chi connectivity index (χ1n) is 10.3. The lowest BCUT2D eigenvalue weighted by Gasteiger charge is -2.38. The third-order valence-corrected chi connectivity index (χ3v) is 6.11. The predicted octanol–water partition coefficient (Wildman–Crippen LogP) is 2.40. The standard InChI is InChI=1S/C21H28FN5O/c22-19-13-17(14-23)3-4-20(19)26-9-11-27(12-10-26)21(28)24-18-5-7-25(8-6-18)15-16-1-2-16/h3-4,13,16,18H,1-2,5-12,15H2,(H,24,28). The van der Waals surface area contributed by atoms with Crippen LogP contribution in [0.2, 0.25) is 0 Å². The molecule has 7 heteroatoms. The quantitative estimate of drug-likeness (QED) is 0.865. The number of likely N-dealkylation sites (tertiary alicyclic amines) is 1. The summed E-state index contributed by atoms with van der Waals surface area (Å²) in [6.07, 6.45) is 4.81. The molecule has 0 atom stereocenters. The van der Waals surface area contributed by atoms with E-state index in [1.807, 2.05) is 15.9 Å². The molecule has 2 aliphatic heterocycles. The average molecular weight is 385 g/mol. The Morgan fingerprint density at radius 3 is 2.43 bits per heavy atom. The second-order valence-corrected chi connectivity index (χ2v) is 8.22. The van der Waals surface area contributed by atoms with Gasteiger partial charge in [0, 0.05) is 51.9 Å². The zero-order valence-corrected chi connectivity index (χ0v) is 16.2. The molecule has 3 fully saturated rings. The second kappa shape index (κ2) is 8.36. The van der Waals surface area contributed by atoms with Gasteiger partial charge in [-0.3, -0.25) is 0 Å². The normalized spacial score (nSPS) is 21.4. The molecule has 28 heavy (non-hydrogen) atoms. The highest BCUT2D eigenvalue weighted by Gasteiger charge is 2.29. The largest absolute Gasteiger partial charge is 0.366 e. The first-order chi connectivity index (χ1) is 13.6. The molecule has 0 aromatic heterocycles. The van der Waals surface area contributed by atoms with Gasteiger partial charge in [0.15, 0.2) is 0 Å². The molecule has 2 saturated heterocycles. The molecule has 2 amide bonds. The molecule has 150 valence electrons. The Morgan fingerprint density at radius 1 is 1.11 bits per heavy atom. The number of piperidine rings is 1. The van der Waals surface area contributed by atoms with E-state index < -0.39 is 0 Å². The van der Waals surface area contributed by atoms with Crippen LogP contribution in [-0.4, -0.2) is 67.7 Å². The van der Waals surface area contributed by atoms with Crippen molar-refractivity contribution in [1.29, 1.82) is 5.26 Å². The first-order valence-corrected chi connectivity index (χ1v) is 10.3. The molecule has 0 bridgehead atoms. The van der Waals surface area contributed by atoms with Crippen LogP contribution in [0.1, 0.15) is 31.2 Å². The number of piperazine rings is 1. The number of anilines is 1. The Bertz CT molecular complexity index is 744. The van der Waals surface area contributed by atoms with E-state index in [1.54, 1.807) is 12.1 Å². The van der Waals surface area contributed by atoms with Crippen LogP contribution in [0, 0.1) is 23.1 Å². The topological polar surface area (TPSA) is 62.6 Å². The number of benzene rings is 1. The van der Waals surface area contributed by atoms with Crippen LogP contribution in [0.5, 0.6) is 0 Å². The van der Waals surface area contributed by atoms with E-state index in [-0.39, 0.29) is 17.9 Å². The van der Waals surface area contributed by atoms with E-state index in [0.29, 0.717) is 37.4 Å². The van der Waals surface area contributed by atoms with Crippen molar-refractivity contribution in [3.05, 3.63) is 29.6 Å². The monoisotopic (exact) mass is 385 g/mol. The summed E-state index contributed by atoms with van der Waals surface area (Å²) in [4.78, 5) is 18.9. The van der Waals surface area contributed by atoms with Crippen LogP contribution in [0.3, 0.4) is 0 Å². The van der Waals surface area contributed by atoms with Crippen LogP contribution in [0.25, 0.3) is 0 Å². The maximum atomic E-state index is 14.2. The minimum Gasteiger partial charge on any atom is -0.366 e. The Kier molecular flexibility index (Phi) is 5.67. The molecule has 4 rings (SSSR count). The molecule has 6 nitrogen and oxygen atoms in total. The van der Waals surface area contributed by atoms with Gasteiger partial charge in [0.1, 0.15) is 5.82 Å². The van der Waals surface area contributed by atoms with Crippen molar-refractivity contribution in [3.8, 4) is 6.07 Å². The maximum absolute atomic E-state index is 14.2. The molecule has 3 aliphatic rings. The summed E-state index contributed by atoms with van der Waals surface area (Å²) in [6, 6.07) is 6.76. The number of nitrogens with one attached hydrogen (secondary N) is 1. The minimum atomic E-state index is -0.380. The van der Waals surface area contributed by atoms with Crippen LogP contribution in [0.4, 0.5) is 14.9 Å². The Balaban J connectivity index is 1.22. The van der Waals surface area contributed by atoms with Gasteiger partial charge in [0.2, 0.25) is 0 Å². The Morgan fingerprint density at radius 2 is 1.82 bits per heavy atom. The summed E-state index contributed by atoms with van der Waals surface area (Å²) >= 11 is 0. The van der Waals surface area contributed by atoms with Crippen molar-refractivity contribution in [2.75, 3.05) is 50.7 Å². The van der Waals surface area contributed by atoms with Gasteiger partial charge in [0.05, 0.1) is 17.3 Å². The fourth-order valence-electron chi connectivity index (χ4n) is 4.17. The summed E-state index contributed by atoms with van der Waals surface area (Å²) in [6.45, 7) is 5.72. The van der Waals surface area contributed by atoms with Gasteiger partial charge >= 0.3 is 6.03 Å². The number of hydrogen-bond donors (Lipinski definition) is 1. The smallest absolute Gasteiger partial charge is 0.317 e. The Labute approximate surface area is 165 Å². The van der Waals surface area contributed by atoms with Crippen molar-refractivity contribution in [1.82, 2.24) is 15.1 Å². The zero-order valence-electron chi connectivity index (χ0n) is 16.2. The van der Waals surface area contributed by atoms with Gasteiger partial charge in [-0.2, -0.15) is 5.26 Å². The number of carbonyl (C=O) groups excluding carboxylic acids is 1. The van der Waals surface area contributed by atoms with E-state index >= 15 is 0 Å². The number of hydrogen-bond acceptors (Lipinski definition) is 4. The van der Waals surface area contributed by atoms with Crippen LogP contribution in [-0.2, 0) is 0 Å². The third-order valence-electron chi connectivity index (χ3n) is 6.11. The first kappa shape index (κ1) is 19.0. The maximum Gasteiger partial charge on any atom is 0.317 e. The number of nitriles is 1. The summed E-state index contributed by atoms with van der Waals surface area (Å²) in [5.41, 5.74) is 0.824. The Hall–Kier alpha value is -2.33. The van der Waals surface area contributed by atoms with Crippen molar-refractivity contribution in [2.45, 2.75) is 31.7 Å². The number of nitrogens with zero attached hydrogens (tertiary/aromatic N) is 4. The third kappa shape index (κ3) is 4.56. The lowest BCUT2D eigenvalue weighted by atomic mass is 10.0. The molecule has 0 radical (unpaired) electrons. The van der Waals surface area contributed by atoms with E-state index in [4.69, 9.17) is 5.26 Å². The minimum absolute atomic E-state index is 0.000549. The number of rotatable bonds is 4. The fourth-order valence-corrected chi connectivity index (χ4v) is 4.17. The molecular weight excluding hydrogens is 357 g/mol. The van der Waals surface area contributed by atoms with Crippen molar-refractivity contribution in [3.63, 3.8) is 0 Å². The van der Waals surface area contributed by atoms with Crippen LogP contribution >= 0.6 is 0 Å². The van der Waals surface area contributed by atoms with Gasteiger partial charge < -0.3 is 20.0 Å². The average Bonchev–Trinajstić information content (AvgIpc) is 3.53. The fraction of sp³-hybridized carbons (Fsp3) is 0.619. The number of amides is 2. The van der Waals surface area contributed by atoms with Crippen molar-refractivity contribution >= 4 is 11.7 Å². The molecule has 1 saturated carbocycles. The molecule has 1 N–H and O–H groups in total. The van der Waals surface area contributed by atoms with Crippen LogP contribution in [0.15, 0.2) is 18.2 Å². The van der Waals surface area contributed by atoms with E-state index in [1.165, 1.54) is 25.5 Å². The second-order valence-electron chi connectivity index (χ2n) is 8.22. The number of urea groups is 1. The van der Waals surface area contributed by atoms with Crippen molar-refractivity contribution in [2.24, 2.45) is 5.92 Å². The molecule has 0 unspecified atom stereocenters. The molecular formula is C21H28FN5O. The molecule has 1 aromatic rings. The predicted molar refractivity (Wildman–Crippen MR) is 106 cm³/mol. The van der Waals surface area contributed by atoms with Gasteiger partial charge in [-0.15, -0.1) is 0 Å². The van der Waals surface area contributed by atoms with Gasteiger partial charge in [0.25, 0.3) is 0 Å². The van der Waals surface area contributed by atoms with E-state index in [2.05, 4.69) is 10.2 Å². The van der Waals surface area contributed by atoms with Gasteiger partial charge in [-0.25, -0.2) is 9.18 Å². The molecule has 1 aliphatic carbocycles. The highest BCUT2D eigenvalue weighted by Crippen LogP contribution is 2.30. The molecule has 1 aromatic carbocycles.